The van der Waals surface area contributed by atoms with E-state index in [2.05, 4.69) is 19.9 Å². The molecule has 5 nitrogen and oxygen atoms in total. The highest BCUT2D eigenvalue weighted by Gasteiger charge is 2.28. The SMILES string of the molecule is O=C(Nc1ccc(OCC(F)(F)F)cc1)C1CCN(c2ccc(Cl)cn2)CC1. The molecular formula is C19H19ClF3N3O2. The molecule has 9 heteroatoms. The highest BCUT2D eigenvalue weighted by atomic mass is 35.5. The van der Waals surface area contributed by atoms with Crippen LogP contribution in [0.4, 0.5) is 24.7 Å². The van der Waals surface area contributed by atoms with Crippen molar-refractivity contribution in [3.05, 3.63) is 47.6 Å². The number of nitrogens with zero attached hydrogens (tertiary/aromatic N) is 2. The van der Waals surface area contributed by atoms with Crippen molar-refractivity contribution in [1.82, 2.24) is 4.98 Å². The van der Waals surface area contributed by atoms with Gasteiger partial charge in [0.15, 0.2) is 6.61 Å². The number of hydrogen-bond acceptors (Lipinski definition) is 4. The number of hydrogen-bond donors (Lipinski definition) is 1. The molecular weight excluding hydrogens is 395 g/mol. The van der Waals surface area contributed by atoms with Gasteiger partial charge in [0.2, 0.25) is 5.91 Å². The standard InChI is InChI=1S/C19H19ClF3N3O2/c20-14-1-6-17(24-11-14)26-9-7-13(8-10-26)18(27)25-15-2-4-16(5-3-15)28-12-19(21,22)23/h1-6,11,13H,7-10,12H2,(H,25,27). The normalized spacial score (nSPS) is 15.4. The lowest BCUT2D eigenvalue weighted by atomic mass is 9.96. The Morgan fingerprint density at radius 3 is 2.43 bits per heavy atom. The molecule has 1 amide bonds. The van der Waals surface area contributed by atoms with Gasteiger partial charge >= 0.3 is 6.18 Å². The molecule has 0 atom stereocenters. The van der Waals surface area contributed by atoms with Crippen LogP contribution in [0.3, 0.4) is 0 Å². The molecule has 1 aromatic heterocycles. The summed E-state index contributed by atoms with van der Waals surface area (Å²) in [7, 11) is 0. The lowest BCUT2D eigenvalue weighted by Gasteiger charge is -2.32. The second-order valence-corrected chi connectivity index (χ2v) is 6.95. The number of alkyl halides is 3. The van der Waals surface area contributed by atoms with Crippen LogP contribution in [0.1, 0.15) is 12.8 Å². The molecule has 0 bridgehead atoms. The molecule has 1 fully saturated rings. The topological polar surface area (TPSA) is 54.5 Å². The van der Waals surface area contributed by atoms with Crippen molar-refractivity contribution < 1.29 is 22.7 Å². The number of carbonyl (C=O) groups is 1. The van der Waals surface area contributed by atoms with Crippen molar-refractivity contribution in [1.29, 1.82) is 0 Å². The minimum atomic E-state index is -4.39. The molecule has 0 unspecified atom stereocenters. The monoisotopic (exact) mass is 413 g/mol. The van der Waals surface area contributed by atoms with Gasteiger partial charge in [0.1, 0.15) is 11.6 Å². The number of carbonyl (C=O) groups excluding carboxylic acids is 1. The summed E-state index contributed by atoms with van der Waals surface area (Å²) in [6.07, 6.45) is -1.42. The van der Waals surface area contributed by atoms with E-state index >= 15 is 0 Å². The number of benzene rings is 1. The molecule has 150 valence electrons. The second kappa shape index (κ2) is 8.68. The van der Waals surface area contributed by atoms with Crippen LogP contribution in [0.5, 0.6) is 5.75 Å². The Morgan fingerprint density at radius 2 is 1.86 bits per heavy atom. The van der Waals surface area contributed by atoms with Crippen molar-refractivity contribution in [2.45, 2.75) is 19.0 Å². The van der Waals surface area contributed by atoms with Crippen LogP contribution >= 0.6 is 11.6 Å². The van der Waals surface area contributed by atoms with Gasteiger partial charge in [0.25, 0.3) is 0 Å². The molecule has 1 saturated heterocycles. The van der Waals surface area contributed by atoms with E-state index in [9.17, 15) is 18.0 Å². The quantitative estimate of drug-likeness (QED) is 0.782. The number of ether oxygens (including phenoxy) is 1. The van der Waals surface area contributed by atoms with Gasteiger partial charge in [-0.2, -0.15) is 13.2 Å². The van der Waals surface area contributed by atoms with Gasteiger partial charge in [-0.1, -0.05) is 11.6 Å². The molecule has 1 N–H and O–H groups in total. The Labute approximate surface area is 165 Å². The van der Waals surface area contributed by atoms with Crippen LogP contribution in [-0.4, -0.2) is 36.8 Å². The summed E-state index contributed by atoms with van der Waals surface area (Å²) in [6, 6.07) is 9.48. The molecule has 2 aromatic rings. The molecule has 0 aliphatic carbocycles. The average Bonchev–Trinajstić information content (AvgIpc) is 2.67. The third kappa shape index (κ3) is 5.76. The minimum Gasteiger partial charge on any atom is -0.484 e. The molecule has 0 saturated carbocycles. The fourth-order valence-electron chi connectivity index (χ4n) is 2.97. The van der Waals surface area contributed by atoms with E-state index < -0.39 is 12.8 Å². The summed E-state index contributed by atoms with van der Waals surface area (Å²) in [5.41, 5.74) is 0.520. The van der Waals surface area contributed by atoms with Crippen molar-refractivity contribution >= 4 is 29.0 Å². The van der Waals surface area contributed by atoms with Gasteiger partial charge in [-0.3, -0.25) is 4.79 Å². The fourth-order valence-corrected chi connectivity index (χ4v) is 3.08. The molecule has 3 rings (SSSR count). The van der Waals surface area contributed by atoms with Crippen molar-refractivity contribution in [3.8, 4) is 5.75 Å². The third-order valence-corrected chi connectivity index (χ3v) is 4.65. The molecule has 28 heavy (non-hydrogen) atoms. The number of amides is 1. The predicted octanol–water partition coefficient (Wildman–Crippen LogP) is 4.53. The van der Waals surface area contributed by atoms with E-state index in [0.717, 1.165) is 5.82 Å². The first-order chi connectivity index (χ1) is 13.3. The van der Waals surface area contributed by atoms with Gasteiger partial charge in [-0.25, -0.2) is 4.98 Å². The Morgan fingerprint density at radius 1 is 1.18 bits per heavy atom. The maximum atomic E-state index is 12.5. The zero-order valence-corrected chi connectivity index (χ0v) is 15.6. The molecule has 0 radical (unpaired) electrons. The number of aromatic nitrogens is 1. The third-order valence-electron chi connectivity index (χ3n) is 4.43. The largest absolute Gasteiger partial charge is 0.484 e. The molecule has 1 aliphatic rings. The van der Waals surface area contributed by atoms with Crippen LogP contribution in [-0.2, 0) is 4.79 Å². The summed E-state index contributed by atoms with van der Waals surface area (Å²) in [5.74, 6) is 0.689. The number of anilines is 2. The molecule has 2 heterocycles. The molecule has 1 aromatic carbocycles. The predicted molar refractivity (Wildman–Crippen MR) is 101 cm³/mol. The van der Waals surface area contributed by atoms with E-state index in [0.29, 0.717) is 36.6 Å². The van der Waals surface area contributed by atoms with E-state index in [1.54, 1.807) is 12.3 Å². The van der Waals surface area contributed by atoms with Gasteiger partial charge < -0.3 is 15.0 Å². The summed E-state index contributed by atoms with van der Waals surface area (Å²) >= 11 is 5.85. The Balaban J connectivity index is 1.48. The summed E-state index contributed by atoms with van der Waals surface area (Å²) in [4.78, 5) is 18.8. The Hall–Kier alpha value is -2.48. The number of pyridine rings is 1. The zero-order chi connectivity index (χ0) is 20.1. The van der Waals surface area contributed by atoms with Crippen molar-refractivity contribution in [2.24, 2.45) is 5.92 Å². The first kappa shape index (κ1) is 20.3. The maximum Gasteiger partial charge on any atom is 0.422 e. The highest BCUT2D eigenvalue weighted by Crippen LogP contribution is 2.25. The number of halogens is 4. The van der Waals surface area contributed by atoms with E-state index in [1.807, 2.05) is 6.07 Å². The van der Waals surface area contributed by atoms with Crippen molar-refractivity contribution in [3.63, 3.8) is 0 Å². The minimum absolute atomic E-state index is 0.0964. The second-order valence-electron chi connectivity index (χ2n) is 6.51. The fraction of sp³-hybridized carbons (Fsp3) is 0.368. The van der Waals surface area contributed by atoms with Crippen LogP contribution in [0.15, 0.2) is 42.6 Å². The first-order valence-corrected chi connectivity index (χ1v) is 9.15. The van der Waals surface area contributed by atoms with Crippen LogP contribution in [0.2, 0.25) is 5.02 Å². The van der Waals surface area contributed by atoms with Gasteiger partial charge in [0.05, 0.1) is 5.02 Å². The van der Waals surface area contributed by atoms with E-state index in [4.69, 9.17) is 11.6 Å². The number of nitrogens with one attached hydrogen (secondary N) is 1. The number of piperidine rings is 1. The summed E-state index contributed by atoms with van der Waals surface area (Å²) < 4.78 is 41.1. The zero-order valence-electron chi connectivity index (χ0n) is 14.9. The highest BCUT2D eigenvalue weighted by molar-refractivity contribution is 6.30. The average molecular weight is 414 g/mol. The number of rotatable bonds is 5. The van der Waals surface area contributed by atoms with E-state index in [-0.39, 0.29) is 17.6 Å². The van der Waals surface area contributed by atoms with Crippen LogP contribution < -0.4 is 15.0 Å². The van der Waals surface area contributed by atoms with Gasteiger partial charge in [-0.05, 0) is 49.2 Å². The molecule has 0 spiro atoms. The van der Waals surface area contributed by atoms with Crippen LogP contribution in [0, 0.1) is 5.92 Å². The maximum absolute atomic E-state index is 12.5. The first-order valence-electron chi connectivity index (χ1n) is 8.77. The van der Waals surface area contributed by atoms with E-state index in [1.165, 1.54) is 24.3 Å². The molecule has 1 aliphatic heterocycles. The van der Waals surface area contributed by atoms with Crippen molar-refractivity contribution in [2.75, 3.05) is 29.9 Å². The van der Waals surface area contributed by atoms with Crippen LogP contribution in [0.25, 0.3) is 0 Å². The smallest absolute Gasteiger partial charge is 0.422 e. The van der Waals surface area contributed by atoms with Gasteiger partial charge in [-0.15, -0.1) is 0 Å². The van der Waals surface area contributed by atoms with Gasteiger partial charge in [0, 0.05) is 30.9 Å². The lowest BCUT2D eigenvalue weighted by molar-refractivity contribution is -0.153. The lowest BCUT2D eigenvalue weighted by Crippen LogP contribution is -2.38. The summed E-state index contributed by atoms with van der Waals surface area (Å²) in [5, 5.41) is 3.38. The summed E-state index contributed by atoms with van der Waals surface area (Å²) in [6.45, 7) is 0.0631. The Kier molecular flexibility index (Phi) is 6.28. The Bertz CT molecular complexity index is 790.